The smallest absolute Gasteiger partial charge is 0.127 e. The topological polar surface area (TPSA) is 20.2 Å². The molecule has 0 aromatic heterocycles. The van der Waals surface area contributed by atoms with Crippen molar-refractivity contribution >= 4 is 0 Å². The van der Waals surface area contributed by atoms with Gasteiger partial charge in [0.2, 0.25) is 0 Å². The van der Waals surface area contributed by atoms with E-state index in [2.05, 4.69) is 40.0 Å². The highest BCUT2D eigenvalue weighted by Crippen LogP contribution is 2.49. The van der Waals surface area contributed by atoms with Crippen molar-refractivity contribution in [2.45, 2.75) is 26.2 Å². The lowest BCUT2D eigenvalue weighted by molar-refractivity contribution is 0.452. The molecule has 2 rings (SSSR count). The highest BCUT2D eigenvalue weighted by atomic mass is 16.3. The summed E-state index contributed by atoms with van der Waals surface area (Å²) in [6.45, 7) is 12.3. The highest BCUT2D eigenvalue weighted by Gasteiger charge is 2.28. The third-order valence-electron chi connectivity index (χ3n) is 2.15. The molecule has 2 aliphatic carbocycles. The van der Waals surface area contributed by atoms with Crippen molar-refractivity contribution in [3.63, 3.8) is 0 Å². The molecular weight excluding hydrogens is 160 g/mol. The summed E-state index contributed by atoms with van der Waals surface area (Å²) in [5.74, 6) is 0.493. The molecule has 0 aromatic carbocycles. The van der Waals surface area contributed by atoms with Crippen LogP contribution in [0.5, 0.6) is 5.75 Å². The second-order valence-corrected chi connectivity index (χ2v) is 4.17. The number of rotatable bonds is 0. The van der Waals surface area contributed by atoms with Gasteiger partial charge in [-0.15, -0.1) is 13.2 Å². The molecule has 0 bridgehead atoms. The van der Waals surface area contributed by atoms with E-state index >= 15 is 0 Å². The van der Waals surface area contributed by atoms with Crippen LogP contribution >= 0.6 is 0 Å². The van der Waals surface area contributed by atoms with E-state index < -0.39 is 0 Å². The van der Waals surface area contributed by atoms with Crippen molar-refractivity contribution in [3.8, 4) is 16.9 Å². The molecule has 0 unspecified atom stereocenters. The van der Waals surface area contributed by atoms with E-state index in [1.54, 1.807) is 0 Å². The van der Waals surface area contributed by atoms with Crippen molar-refractivity contribution in [1.29, 1.82) is 0 Å². The van der Waals surface area contributed by atoms with Gasteiger partial charge in [0.25, 0.3) is 0 Å². The summed E-state index contributed by atoms with van der Waals surface area (Å²) in [5.41, 5.74) is 3.41. The lowest BCUT2D eigenvalue weighted by Crippen LogP contribution is -2.09. The van der Waals surface area contributed by atoms with Crippen molar-refractivity contribution in [2.75, 3.05) is 0 Å². The Labute approximate surface area is 79.7 Å². The number of benzene rings is 1. The maximum Gasteiger partial charge on any atom is 0.127 e. The van der Waals surface area contributed by atoms with E-state index in [9.17, 15) is 5.11 Å². The van der Waals surface area contributed by atoms with Crippen LogP contribution in [0.15, 0.2) is 25.3 Å². The summed E-state index contributed by atoms with van der Waals surface area (Å²) in [5, 5.41) is 9.59. The van der Waals surface area contributed by atoms with Crippen molar-refractivity contribution in [1.82, 2.24) is 0 Å². The van der Waals surface area contributed by atoms with Crippen molar-refractivity contribution in [2.24, 2.45) is 0 Å². The molecule has 0 amide bonds. The minimum atomic E-state index is 0.0747. The maximum absolute atomic E-state index is 9.59. The molecule has 13 heavy (non-hydrogen) atoms. The first kappa shape index (κ1) is 9.85. The predicted molar refractivity (Wildman–Crippen MR) is 57.1 cm³/mol. The summed E-state index contributed by atoms with van der Waals surface area (Å²) < 4.78 is 0. The van der Waals surface area contributed by atoms with Gasteiger partial charge in [-0.2, -0.15) is 0 Å². The Kier molecular flexibility index (Phi) is 2.21. The summed E-state index contributed by atoms with van der Waals surface area (Å²) in [7, 11) is 0. The molecule has 1 N–H and O–H groups in total. The van der Waals surface area contributed by atoms with Gasteiger partial charge in [-0.1, -0.05) is 20.8 Å². The van der Waals surface area contributed by atoms with Crippen LogP contribution in [0.25, 0.3) is 11.1 Å². The van der Waals surface area contributed by atoms with E-state index in [4.69, 9.17) is 0 Å². The Bertz CT molecular complexity index is 332. The molecule has 0 aromatic rings. The van der Waals surface area contributed by atoms with E-state index in [1.807, 2.05) is 6.07 Å². The van der Waals surface area contributed by atoms with Gasteiger partial charge in [0.15, 0.2) is 0 Å². The van der Waals surface area contributed by atoms with Crippen LogP contribution < -0.4 is 0 Å². The molecule has 0 atom stereocenters. The molecule has 0 fully saturated rings. The van der Waals surface area contributed by atoms with Crippen LogP contribution in [-0.2, 0) is 5.41 Å². The van der Waals surface area contributed by atoms with Crippen molar-refractivity contribution in [3.05, 3.63) is 30.9 Å². The number of hydrogen-bond donors (Lipinski definition) is 1. The second kappa shape index (κ2) is 2.91. The molecule has 0 spiro atoms. The minimum Gasteiger partial charge on any atom is -0.507 e. The molecule has 0 aliphatic heterocycles. The number of hydrogen-bond acceptors (Lipinski definition) is 1. The molecule has 70 valence electrons. The van der Waals surface area contributed by atoms with Gasteiger partial charge in [-0.3, -0.25) is 0 Å². The molecule has 0 saturated carbocycles. The largest absolute Gasteiger partial charge is 0.507 e. The average Bonchev–Trinajstić information content (AvgIpc) is 2.74. The summed E-state index contributed by atoms with van der Waals surface area (Å²) in [6, 6.07) is 4.08. The van der Waals surface area contributed by atoms with Gasteiger partial charge in [0, 0.05) is 11.1 Å². The Hall–Kier alpha value is -1.24. The quantitative estimate of drug-likeness (QED) is 0.609. The molecule has 0 heterocycles. The van der Waals surface area contributed by atoms with Gasteiger partial charge in [-0.25, -0.2) is 0 Å². The number of phenols is 1. The zero-order valence-electron chi connectivity index (χ0n) is 8.52. The van der Waals surface area contributed by atoms with E-state index in [0.717, 1.165) is 11.1 Å². The third kappa shape index (κ3) is 1.59. The number of aromatic hydroxyl groups is 1. The SMILES string of the molecule is C=C.CC(C)(C)c1cc2cc-2c1O. The monoisotopic (exact) mass is 176 g/mol. The van der Waals surface area contributed by atoms with E-state index in [1.165, 1.54) is 5.56 Å². The van der Waals surface area contributed by atoms with E-state index in [-0.39, 0.29) is 5.41 Å². The molecule has 0 saturated heterocycles. The zero-order valence-corrected chi connectivity index (χ0v) is 8.52. The van der Waals surface area contributed by atoms with Gasteiger partial charge in [0.05, 0.1) is 0 Å². The Morgan fingerprint density at radius 2 is 1.69 bits per heavy atom. The fourth-order valence-electron chi connectivity index (χ4n) is 1.38. The third-order valence-corrected chi connectivity index (χ3v) is 2.15. The van der Waals surface area contributed by atoms with Gasteiger partial charge >= 0.3 is 0 Å². The lowest BCUT2D eigenvalue weighted by Gasteiger charge is -2.17. The van der Waals surface area contributed by atoms with Crippen LogP contribution in [-0.4, -0.2) is 5.11 Å². The van der Waals surface area contributed by atoms with Crippen LogP contribution in [0.3, 0.4) is 0 Å². The Morgan fingerprint density at radius 3 is 1.92 bits per heavy atom. The number of phenolic OH excluding ortho intramolecular Hbond substituents is 1. The van der Waals surface area contributed by atoms with Gasteiger partial charge in [0.1, 0.15) is 5.75 Å². The van der Waals surface area contributed by atoms with Gasteiger partial charge in [-0.05, 0) is 23.1 Å². The van der Waals surface area contributed by atoms with Crippen LogP contribution in [0, 0.1) is 0 Å². The first-order valence-electron chi connectivity index (χ1n) is 4.38. The second-order valence-electron chi connectivity index (χ2n) is 4.17. The summed E-state index contributed by atoms with van der Waals surface area (Å²) >= 11 is 0. The summed E-state index contributed by atoms with van der Waals surface area (Å²) in [6.07, 6.45) is 0. The molecule has 0 radical (unpaired) electrons. The Morgan fingerprint density at radius 1 is 1.15 bits per heavy atom. The summed E-state index contributed by atoms with van der Waals surface area (Å²) in [4.78, 5) is 0. The zero-order chi connectivity index (χ0) is 10.2. The molecule has 2 aliphatic rings. The average molecular weight is 176 g/mol. The Balaban J connectivity index is 0.000000396. The predicted octanol–water partition coefficient (Wildman–Crippen LogP) is 3.47. The maximum atomic E-state index is 9.59. The molecular formula is C12H16O. The molecule has 1 nitrogen and oxygen atoms in total. The van der Waals surface area contributed by atoms with Gasteiger partial charge < -0.3 is 5.11 Å². The first-order valence-corrected chi connectivity index (χ1v) is 4.38. The van der Waals surface area contributed by atoms with E-state index in [0.29, 0.717) is 5.75 Å². The fraction of sp³-hybridized carbons (Fsp3) is 0.333. The first-order chi connectivity index (χ1) is 6.00. The number of fused-ring (bicyclic) bond motifs is 1. The van der Waals surface area contributed by atoms with Crippen LogP contribution in [0.1, 0.15) is 26.3 Å². The van der Waals surface area contributed by atoms with Crippen molar-refractivity contribution < 1.29 is 5.11 Å². The lowest BCUT2D eigenvalue weighted by atomic mass is 9.88. The van der Waals surface area contributed by atoms with Crippen LogP contribution in [0.4, 0.5) is 0 Å². The van der Waals surface area contributed by atoms with Crippen LogP contribution in [0.2, 0.25) is 0 Å². The highest BCUT2D eigenvalue weighted by molar-refractivity contribution is 5.89. The normalized spacial score (nSPS) is 11.6. The molecule has 1 heteroatoms. The fourth-order valence-corrected chi connectivity index (χ4v) is 1.38. The minimum absolute atomic E-state index is 0.0747. The standard InChI is InChI=1S/C10H12O.C2H4/c1-10(2,3)8-5-6-4-7(6)9(8)11;1-2/h4-5,11H,1-3H3;1-2H2.